The molecule has 8 nitrogen and oxygen atoms in total. The van der Waals surface area contributed by atoms with Crippen LogP contribution in [0.1, 0.15) is 36.3 Å². The van der Waals surface area contributed by atoms with Gasteiger partial charge in [-0.05, 0) is 37.0 Å². The van der Waals surface area contributed by atoms with Gasteiger partial charge in [0.05, 0.1) is 18.3 Å². The lowest BCUT2D eigenvalue weighted by Gasteiger charge is -2.07. The summed E-state index contributed by atoms with van der Waals surface area (Å²) in [6, 6.07) is 9.33. The molecule has 0 radical (unpaired) electrons. The zero-order chi connectivity index (χ0) is 22.7. The number of carbonyl (C=O) groups excluding carboxylic acids is 1. The summed E-state index contributed by atoms with van der Waals surface area (Å²) in [6.45, 7) is 5.92. The molecule has 32 heavy (non-hydrogen) atoms. The van der Waals surface area contributed by atoms with Crippen LogP contribution in [0.4, 0.5) is 11.6 Å². The fraction of sp³-hybridized carbons (Fsp3) is 0.304. The fourth-order valence-electron chi connectivity index (χ4n) is 3.66. The molecule has 1 aliphatic rings. The summed E-state index contributed by atoms with van der Waals surface area (Å²) in [5.41, 5.74) is 1.86. The van der Waals surface area contributed by atoms with Crippen molar-refractivity contribution in [2.75, 3.05) is 10.6 Å². The Morgan fingerprint density at radius 3 is 2.94 bits per heavy atom. The molecule has 1 saturated carbocycles. The van der Waals surface area contributed by atoms with Crippen molar-refractivity contribution in [1.82, 2.24) is 19.5 Å². The number of nitrogens with one attached hydrogen (secondary N) is 2. The Labute approximate surface area is 191 Å². The molecule has 0 bridgehead atoms. The molecular weight excluding hydrogens is 428 g/mol. The van der Waals surface area contributed by atoms with Gasteiger partial charge in [-0.1, -0.05) is 30.3 Å². The van der Waals surface area contributed by atoms with Gasteiger partial charge in [0.2, 0.25) is 5.91 Å². The zero-order valence-corrected chi connectivity index (χ0v) is 18.5. The molecule has 2 heterocycles. The average molecular weight is 453 g/mol. The second-order valence-corrected chi connectivity index (χ2v) is 8.36. The molecule has 1 aliphatic carbocycles. The highest BCUT2D eigenvalue weighted by Gasteiger charge is 2.44. The highest BCUT2D eigenvalue weighted by atomic mass is 35.5. The van der Waals surface area contributed by atoms with Crippen LogP contribution in [0.3, 0.4) is 0 Å². The summed E-state index contributed by atoms with van der Waals surface area (Å²) < 4.78 is 1.79. The van der Waals surface area contributed by atoms with E-state index in [-0.39, 0.29) is 17.7 Å². The maximum Gasteiger partial charge on any atom is 0.229 e. The maximum absolute atomic E-state index is 12.6. The van der Waals surface area contributed by atoms with Crippen molar-refractivity contribution in [3.8, 4) is 0 Å². The third-order valence-corrected chi connectivity index (χ3v) is 5.54. The molecule has 1 fully saturated rings. The molecule has 4 rings (SSSR count). The third kappa shape index (κ3) is 5.33. The zero-order valence-electron chi connectivity index (χ0n) is 17.7. The van der Waals surface area contributed by atoms with E-state index in [4.69, 9.17) is 11.6 Å². The van der Waals surface area contributed by atoms with E-state index in [0.717, 1.165) is 23.5 Å². The first kappa shape index (κ1) is 22.0. The van der Waals surface area contributed by atoms with Crippen molar-refractivity contribution in [3.63, 3.8) is 0 Å². The molecular formula is C23H25ClN6O2. The standard InChI is InChI=1S/C23H25ClN6O2/c1-3-30-12-17(28-22(30)7-14(2)31)11-25-20-10-21(27-13-26-20)29-23(32)19-9-18(19)15-5-4-6-16(24)8-15/h3-6,8,10,12-14,18-19,31H,1,7,9,11H2,2H3,(H2,25,26,27,29,32)/t14?,18-,19+/m1/s1. The molecule has 3 N–H and O–H groups in total. The summed E-state index contributed by atoms with van der Waals surface area (Å²) in [6.07, 6.45) is 5.65. The van der Waals surface area contributed by atoms with Gasteiger partial charge in [-0.3, -0.25) is 4.79 Å². The number of halogens is 1. The van der Waals surface area contributed by atoms with E-state index in [9.17, 15) is 9.90 Å². The van der Waals surface area contributed by atoms with Gasteiger partial charge in [-0.15, -0.1) is 0 Å². The molecule has 0 spiro atoms. The van der Waals surface area contributed by atoms with Crippen LogP contribution >= 0.6 is 11.6 Å². The first-order valence-corrected chi connectivity index (χ1v) is 10.8. The summed E-state index contributed by atoms with van der Waals surface area (Å²) in [5, 5.41) is 16.4. The molecule has 0 aliphatic heterocycles. The van der Waals surface area contributed by atoms with Gasteiger partial charge < -0.3 is 20.3 Å². The maximum atomic E-state index is 12.6. The van der Waals surface area contributed by atoms with E-state index in [1.54, 1.807) is 23.8 Å². The van der Waals surface area contributed by atoms with Gasteiger partial charge >= 0.3 is 0 Å². The normalized spacial score (nSPS) is 18.1. The Morgan fingerprint density at radius 1 is 1.38 bits per heavy atom. The summed E-state index contributed by atoms with van der Waals surface area (Å²) in [7, 11) is 0. The van der Waals surface area contributed by atoms with Crippen molar-refractivity contribution in [1.29, 1.82) is 0 Å². The smallest absolute Gasteiger partial charge is 0.229 e. The van der Waals surface area contributed by atoms with E-state index in [0.29, 0.717) is 29.6 Å². The fourth-order valence-corrected chi connectivity index (χ4v) is 3.86. The topological polar surface area (TPSA) is 105 Å². The lowest BCUT2D eigenvalue weighted by Crippen LogP contribution is -2.16. The van der Waals surface area contributed by atoms with Crippen LogP contribution in [0, 0.1) is 5.92 Å². The summed E-state index contributed by atoms with van der Waals surface area (Å²) in [4.78, 5) is 25.5. The van der Waals surface area contributed by atoms with Gasteiger partial charge in [-0.25, -0.2) is 15.0 Å². The second-order valence-electron chi connectivity index (χ2n) is 7.93. The number of nitrogens with zero attached hydrogens (tertiary/aromatic N) is 4. The number of amides is 1. The largest absolute Gasteiger partial charge is 0.393 e. The van der Waals surface area contributed by atoms with E-state index in [1.165, 1.54) is 6.33 Å². The Morgan fingerprint density at radius 2 is 2.19 bits per heavy atom. The van der Waals surface area contributed by atoms with Crippen molar-refractivity contribution < 1.29 is 9.90 Å². The minimum Gasteiger partial charge on any atom is -0.393 e. The van der Waals surface area contributed by atoms with Crippen LogP contribution in [0.5, 0.6) is 0 Å². The molecule has 2 aromatic heterocycles. The van der Waals surface area contributed by atoms with Crippen molar-refractivity contribution in [2.24, 2.45) is 5.92 Å². The highest BCUT2D eigenvalue weighted by molar-refractivity contribution is 6.30. The molecule has 166 valence electrons. The number of aromatic nitrogens is 4. The number of hydrogen-bond acceptors (Lipinski definition) is 6. The summed E-state index contributed by atoms with van der Waals surface area (Å²) >= 11 is 6.06. The quantitative estimate of drug-likeness (QED) is 0.457. The predicted octanol–water partition coefficient (Wildman–Crippen LogP) is 3.70. The van der Waals surface area contributed by atoms with Gasteiger partial charge in [0.1, 0.15) is 23.8 Å². The van der Waals surface area contributed by atoms with Crippen molar-refractivity contribution in [3.05, 3.63) is 71.5 Å². The van der Waals surface area contributed by atoms with Crippen LogP contribution in [-0.2, 0) is 17.8 Å². The van der Waals surface area contributed by atoms with Crippen LogP contribution in [0.15, 0.2) is 49.4 Å². The number of aliphatic hydroxyl groups excluding tert-OH is 1. The lowest BCUT2D eigenvalue weighted by atomic mass is 10.1. The van der Waals surface area contributed by atoms with Crippen LogP contribution in [0.2, 0.25) is 5.02 Å². The van der Waals surface area contributed by atoms with Gasteiger partial charge in [0.25, 0.3) is 0 Å². The first-order valence-electron chi connectivity index (χ1n) is 10.4. The number of imidazole rings is 1. The van der Waals surface area contributed by atoms with Crippen LogP contribution < -0.4 is 10.6 Å². The Hall–Kier alpha value is -3.23. The molecule has 1 unspecified atom stereocenters. The molecule has 3 atom stereocenters. The van der Waals surface area contributed by atoms with Crippen molar-refractivity contribution >= 4 is 35.3 Å². The predicted molar refractivity (Wildman–Crippen MR) is 124 cm³/mol. The van der Waals surface area contributed by atoms with Crippen molar-refractivity contribution in [2.45, 2.75) is 38.3 Å². The van der Waals surface area contributed by atoms with Gasteiger partial charge in [0, 0.05) is 35.8 Å². The monoisotopic (exact) mass is 452 g/mol. The average Bonchev–Trinajstić information content (AvgIpc) is 3.48. The molecule has 1 amide bonds. The van der Waals surface area contributed by atoms with Gasteiger partial charge in [-0.2, -0.15) is 0 Å². The van der Waals surface area contributed by atoms with Crippen LogP contribution in [-0.4, -0.2) is 36.6 Å². The second kappa shape index (κ2) is 9.50. The molecule has 0 saturated heterocycles. The molecule has 3 aromatic rings. The number of hydrogen-bond donors (Lipinski definition) is 3. The van der Waals surface area contributed by atoms with Gasteiger partial charge in [0.15, 0.2) is 0 Å². The highest BCUT2D eigenvalue weighted by Crippen LogP contribution is 2.48. The number of rotatable bonds is 9. The van der Waals surface area contributed by atoms with E-state index >= 15 is 0 Å². The van der Waals surface area contributed by atoms with E-state index in [2.05, 4.69) is 32.2 Å². The number of carbonyl (C=O) groups is 1. The SMILES string of the molecule is C=Cn1cc(CNc2cc(NC(=O)[C@H]3C[C@@H]3c3cccc(Cl)c3)ncn2)nc1CC(C)O. The number of benzene rings is 1. The van der Waals surface area contributed by atoms with E-state index < -0.39 is 6.10 Å². The van der Waals surface area contributed by atoms with E-state index in [1.807, 2.05) is 30.5 Å². The Bertz CT molecular complexity index is 1130. The summed E-state index contributed by atoms with van der Waals surface area (Å²) in [5.74, 6) is 1.78. The minimum atomic E-state index is -0.491. The van der Waals surface area contributed by atoms with Crippen LogP contribution in [0.25, 0.3) is 6.20 Å². The minimum absolute atomic E-state index is 0.0629. The third-order valence-electron chi connectivity index (χ3n) is 5.31. The Balaban J connectivity index is 1.34. The number of anilines is 2. The molecule has 9 heteroatoms. The lowest BCUT2D eigenvalue weighted by molar-refractivity contribution is -0.117. The Kier molecular flexibility index (Phi) is 6.53. The molecule has 1 aromatic carbocycles. The number of aliphatic hydroxyl groups is 1. The first-order chi connectivity index (χ1) is 15.4.